The summed E-state index contributed by atoms with van der Waals surface area (Å²) < 4.78 is 1.86. The lowest BCUT2D eigenvalue weighted by molar-refractivity contribution is -0.134. The van der Waals surface area contributed by atoms with Crippen molar-refractivity contribution in [3.63, 3.8) is 0 Å². The minimum Gasteiger partial charge on any atom is -0.465 e. The van der Waals surface area contributed by atoms with Crippen LogP contribution < -0.4 is 5.32 Å². The number of hydrogen-bond donors (Lipinski definition) is 2. The number of hydrogen-bond acceptors (Lipinski definition) is 5. The molecule has 3 saturated heterocycles. The number of piperidine rings is 3. The van der Waals surface area contributed by atoms with Crippen LogP contribution >= 0.6 is 0 Å². The van der Waals surface area contributed by atoms with E-state index in [1.165, 1.54) is 5.56 Å². The van der Waals surface area contributed by atoms with Gasteiger partial charge in [0.2, 0.25) is 11.8 Å². The normalized spacial score (nSPS) is 26.8. The van der Waals surface area contributed by atoms with Gasteiger partial charge in [-0.25, -0.2) is 4.79 Å². The fourth-order valence-corrected chi connectivity index (χ4v) is 6.19. The molecular formula is C26H35N5O4. The summed E-state index contributed by atoms with van der Waals surface area (Å²) in [7, 11) is 1.92. The monoisotopic (exact) mass is 481 g/mol. The first-order chi connectivity index (χ1) is 16.8. The third-order valence-electron chi connectivity index (χ3n) is 8.38. The Kier molecular flexibility index (Phi) is 6.53. The van der Waals surface area contributed by atoms with Gasteiger partial charge in [0.25, 0.3) is 0 Å². The predicted molar refractivity (Wildman–Crippen MR) is 131 cm³/mol. The second-order valence-electron chi connectivity index (χ2n) is 10.6. The topological polar surface area (TPSA) is 108 Å². The summed E-state index contributed by atoms with van der Waals surface area (Å²) in [6.45, 7) is 6.63. The number of rotatable bonds is 4. The minimum absolute atomic E-state index is 0.208. The maximum Gasteiger partial charge on any atom is 0.407 e. The number of imide groups is 1. The molecule has 0 bridgehead atoms. The largest absolute Gasteiger partial charge is 0.465 e. The van der Waals surface area contributed by atoms with Crippen LogP contribution in [0.1, 0.15) is 62.1 Å². The Morgan fingerprint density at radius 1 is 1.14 bits per heavy atom. The van der Waals surface area contributed by atoms with Gasteiger partial charge >= 0.3 is 6.09 Å². The lowest BCUT2D eigenvalue weighted by Crippen LogP contribution is -2.46. The number of likely N-dealkylation sites (tertiary alicyclic amines) is 2. The maximum atomic E-state index is 12.4. The van der Waals surface area contributed by atoms with Crippen LogP contribution in [0.5, 0.6) is 0 Å². The van der Waals surface area contributed by atoms with E-state index in [-0.39, 0.29) is 17.7 Å². The Morgan fingerprint density at radius 3 is 2.60 bits per heavy atom. The average Bonchev–Trinajstić information content (AvgIpc) is 3.16. The summed E-state index contributed by atoms with van der Waals surface area (Å²) in [4.78, 5) is 39.3. The molecule has 1 aromatic heterocycles. The van der Waals surface area contributed by atoms with Crippen molar-refractivity contribution < 1.29 is 19.5 Å². The highest BCUT2D eigenvalue weighted by Gasteiger charge is 2.33. The third-order valence-corrected chi connectivity index (χ3v) is 8.38. The van der Waals surface area contributed by atoms with Crippen molar-refractivity contribution in [2.45, 2.75) is 50.9 Å². The molecule has 0 aliphatic carbocycles. The zero-order valence-corrected chi connectivity index (χ0v) is 20.6. The third kappa shape index (κ3) is 4.78. The molecule has 2 N–H and O–H groups in total. The van der Waals surface area contributed by atoms with E-state index >= 15 is 0 Å². The van der Waals surface area contributed by atoms with Crippen LogP contribution in [0.25, 0.3) is 10.9 Å². The van der Waals surface area contributed by atoms with Gasteiger partial charge in [0, 0.05) is 38.5 Å². The number of amides is 3. The van der Waals surface area contributed by atoms with E-state index in [4.69, 9.17) is 0 Å². The Bertz CT molecular complexity index is 1140. The van der Waals surface area contributed by atoms with Crippen molar-refractivity contribution in [1.29, 1.82) is 0 Å². The van der Waals surface area contributed by atoms with Gasteiger partial charge in [-0.2, -0.15) is 5.10 Å². The van der Waals surface area contributed by atoms with Crippen molar-refractivity contribution in [3.8, 4) is 0 Å². The molecule has 3 aliphatic rings. The van der Waals surface area contributed by atoms with Crippen LogP contribution in [-0.4, -0.2) is 75.3 Å². The van der Waals surface area contributed by atoms with Crippen molar-refractivity contribution in [1.82, 2.24) is 24.9 Å². The van der Waals surface area contributed by atoms with Gasteiger partial charge in [-0.3, -0.25) is 19.6 Å². The van der Waals surface area contributed by atoms with Crippen LogP contribution in [-0.2, 0) is 16.6 Å². The van der Waals surface area contributed by atoms with Gasteiger partial charge in [-0.15, -0.1) is 0 Å². The number of carboxylic acid groups (broad SMARTS) is 1. The molecule has 1 unspecified atom stereocenters. The molecule has 3 amide bonds. The number of fused-ring (bicyclic) bond motifs is 1. The summed E-state index contributed by atoms with van der Waals surface area (Å²) in [6, 6.07) is 6.51. The Balaban J connectivity index is 1.22. The van der Waals surface area contributed by atoms with E-state index in [1.54, 1.807) is 4.90 Å². The van der Waals surface area contributed by atoms with Crippen LogP contribution in [0, 0.1) is 11.8 Å². The van der Waals surface area contributed by atoms with Crippen LogP contribution in [0.3, 0.4) is 0 Å². The van der Waals surface area contributed by atoms with E-state index < -0.39 is 6.09 Å². The fraction of sp³-hybridized carbons (Fsp3) is 0.615. The van der Waals surface area contributed by atoms with Gasteiger partial charge < -0.3 is 14.9 Å². The van der Waals surface area contributed by atoms with E-state index in [0.717, 1.165) is 55.5 Å². The SMILES string of the molecule is C[C@H]1CN(C(=O)O)CC[C@@H]1CN1CCC(c2ccc3c(C4CCC(=O)NC4=O)nn(C)c3c2)CC1. The molecule has 5 rings (SSSR count). The number of aromatic nitrogens is 2. The molecule has 2 aromatic rings. The summed E-state index contributed by atoms with van der Waals surface area (Å²) >= 11 is 0. The first-order valence-corrected chi connectivity index (χ1v) is 12.8. The minimum atomic E-state index is -0.800. The molecule has 9 heteroatoms. The number of nitrogens with one attached hydrogen (secondary N) is 1. The number of carbonyl (C=O) groups is 3. The molecule has 9 nitrogen and oxygen atoms in total. The van der Waals surface area contributed by atoms with Crippen molar-refractivity contribution >= 4 is 28.8 Å². The lowest BCUT2D eigenvalue weighted by atomic mass is 9.84. The van der Waals surface area contributed by atoms with Gasteiger partial charge in [-0.05, 0) is 68.2 Å². The summed E-state index contributed by atoms with van der Waals surface area (Å²) in [6.07, 6.45) is 3.20. The zero-order valence-electron chi connectivity index (χ0n) is 20.6. The molecule has 35 heavy (non-hydrogen) atoms. The van der Waals surface area contributed by atoms with E-state index in [9.17, 15) is 19.5 Å². The second kappa shape index (κ2) is 9.60. The van der Waals surface area contributed by atoms with Crippen LogP contribution in [0.4, 0.5) is 4.79 Å². The Hall–Kier alpha value is -2.94. The van der Waals surface area contributed by atoms with Gasteiger partial charge in [0.1, 0.15) is 0 Å². The van der Waals surface area contributed by atoms with Crippen LogP contribution in [0.2, 0.25) is 0 Å². The molecular weight excluding hydrogens is 446 g/mol. The molecule has 0 saturated carbocycles. The van der Waals surface area contributed by atoms with E-state index in [2.05, 4.69) is 40.4 Å². The Labute approximate surface area is 205 Å². The Morgan fingerprint density at radius 2 is 1.91 bits per heavy atom. The molecule has 4 heterocycles. The highest BCUT2D eigenvalue weighted by Crippen LogP contribution is 2.35. The highest BCUT2D eigenvalue weighted by atomic mass is 16.4. The molecule has 188 valence electrons. The number of nitrogens with zero attached hydrogens (tertiary/aromatic N) is 4. The molecule has 1 aromatic carbocycles. The van der Waals surface area contributed by atoms with Crippen molar-refractivity contribution in [3.05, 3.63) is 29.5 Å². The van der Waals surface area contributed by atoms with Gasteiger partial charge in [0.05, 0.1) is 17.1 Å². The smallest absolute Gasteiger partial charge is 0.407 e. The number of aryl methyl sites for hydroxylation is 1. The first-order valence-electron chi connectivity index (χ1n) is 12.8. The fourth-order valence-electron chi connectivity index (χ4n) is 6.19. The molecule has 3 fully saturated rings. The first kappa shape index (κ1) is 23.8. The average molecular weight is 482 g/mol. The van der Waals surface area contributed by atoms with Crippen LogP contribution in [0.15, 0.2) is 18.2 Å². The summed E-state index contributed by atoms with van der Waals surface area (Å²) in [5, 5.41) is 17.4. The van der Waals surface area contributed by atoms with Gasteiger partial charge in [0.15, 0.2) is 0 Å². The maximum absolute atomic E-state index is 12.4. The van der Waals surface area contributed by atoms with Crippen molar-refractivity contribution in [2.24, 2.45) is 18.9 Å². The highest BCUT2D eigenvalue weighted by molar-refractivity contribution is 6.02. The molecule has 0 radical (unpaired) electrons. The van der Waals surface area contributed by atoms with Gasteiger partial charge in [-0.1, -0.05) is 19.1 Å². The number of benzene rings is 1. The standard InChI is InChI=1S/C26H35N5O4/c1-16-14-31(26(34)35)12-9-19(16)15-30-10-7-17(8-11-30)18-3-4-20-22(13-18)29(2)28-24(20)21-5-6-23(32)27-25(21)33/h3-4,13,16-17,19,21H,5-12,14-15H2,1-2H3,(H,34,35)(H,27,32,33)/t16-,19+,21?/m0/s1. The van der Waals surface area contributed by atoms with E-state index in [0.29, 0.717) is 43.7 Å². The van der Waals surface area contributed by atoms with E-state index in [1.807, 2.05) is 11.7 Å². The van der Waals surface area contributed by atoms with Crippen molar-refractivity contribution in [2.75, 3.05) is 32.7 Å². The lowest BCUT2D eigenvalue weighted by Gasteiger charge is -2.40. The quantitative estimate of drug-likeness (QED) is 0.650. The summed E-state index contributed by atoms with van der Waals surface area (Å²) in [5.74, 6) is 0.606. The summed E-state index contributed by atoms with van der Waals surface area (Å²) in [5.41, 5.74) is 3.11. The molecule has 3 aliphatic heterocycles. The number of carbonyl (C=O) groups excluding carboxylic acids is 2. The molecule has 0 spiro atoms. The predicted octanol–water partition coefficient (Wildman–Crippen LogP) is 2.91. The molecule has 3 atom stereocenters. The second-order valence-corrected chi connectivity index (χ2v) is 10.6. The zero-order chi connectivity index (χ0) is 24.7.